The summed E-state index contributed by atoms with van der Waals surface area (Å²) >= 11 is 0. The smallest absolute Gasteiger partial charge is 0.429 e. The number of alkyl halides is 2. The topological polar surface area (TPSA) is 9.23 Å². The summed E-state index contributed by atoms with van der Waals surface area (Å²) in [5.74, 6) is -5.98. The van der Waals surface area contributed by atoms with Gasteiger partial charge in [0.2, 0.25) is 0 Å². The Kier molecular flexibility index (Phi) is 9.66. The van der Waals surface area contributed by atoms with Crippen LogP contribution >= 0.6 is 0 Å². The van der Waals surface area contributed by atoms with Crippen LogP contribution in [-0.4, -0.2) is 0 Å². The van der Waals surface area contributed by atoms with Gasteiger partial charge in [0.1, 0.15) is 28.8 Å². The van der Waals surface area contributed by atoms with Crippen molar-refractivity contribution in [3.8, 4) is 28.0 Å². The van der Waals surface area contributed by atoms with Crippen molar-refractivity contribution in [2.24, 2.45) is 5.92 Å². The lowest BCUT2D eigenvalue weighted by molar-refractivity contribution is -0.189. The zero-order valence-corrected chi connectivity index (χ0v) is 24.3. The third-order valence-corrected chi connectivity index (χ3v) is 8.53. The first-order chi connectivity index (χ1) is 21.1. The molecule has 0 heterocycles. The Morgan fingerprint density at radius 2 is 1.27 bits per heavy atom. The molecule has 0 spiro atoms. The maximum Gasteiger partial charge on any atom is 0.432 e. The van der Waals surface area contributed by atoms with Gasteiger partial charge in [0.15, 0.2) is 11.6 Å². The molecule has 0 radical (unpaired) electrons. The second kappa shape index (κ2) is 13.4. The molecule has 0 amide bonds. The van der Waals surface area contributed by atoms with Gasteiger partial charge in [-0.2, -0.15) is 8.78 Å². The van der Waals surface area contributed by atoms with Crippen molar-refractivity contribution in [2.75, 3.05) is 0 Å². The molecule has 0 unspecified atom stereocenters. The molecule has 0 aliphatic heterocycles. The summed E-state index contributed by atoms with van der Waals surface area (Å²) in [6, 6.07) is 14.2. The van der Waals surface area contributed by atoms with Crippen molar-refractivity contribution in [3.63, 3.8) is 0 Å². The number of benzene rings is 4. The van der Waals surface area contributed by atoms with Gasteiger partial charge in [0.05, 0.1) is 0 Å². The van der Waals surface area contributed by atoms with E-state index in [-0.39, 0.29) is 16.7 Å². The molecule has 4 aromatic rings. The average molecular weight is 615 g/mol. The zero-order valence-electron chi connectivity index (χ0n) is 24.3. The molecule has 0 saturated heterocycles. The number of unbranched alkanes of at least 4 members (excludes halogenated alkanes) is 2. The highest BCUT2D eigenvalue weighted by atomic mass is 19.3. The summed E-state index contributed by atoms with van der Waals surface area (Å²) in [6.07, 6.45) is 5.13. The van der Waals surface area contributed by atoms with Crippen molar-refractivity contribution in [3.05, 3.63) is 113 Å². The van der Waals surface area contributed by atoms with Crippen molar-refractivity contribution < 1.29 is 35.5 Å². The summed E-state index contributed by atoms with van der Waals surface area (Å²) in [6.45, 7) is 2.21. The van der Waals surface area contributed by atoms with Crippen LogP contribution < -0.4 is 4.74 Å². The highest BCUT2D eigenvalue weighted by molar-refractivity contribution is 5.66. The molecule has 1 aliphatic carbocycles. The maximum atomic E-state index is 15.0. The van der Waals surface area contributed by atoms with E-state index in [1.54, 1.807) is 12.1 Å². The van der Waals surface area contributed by atoms with Crippen LogP contribution in [0.3, 0.4) is 0 Å². The predicted molar refractivity (Wildman–Crippen MR) is 157 cm³/mol. The molecule has 0 bridgehead atoms. The lowest BCUT2D eigenvalue weighted by Gasteiger charge is -2.29. The molecule has 1 saturated carbocycles. The van der Waals surface area contributed by atoms with E-state index in [4.69, 9.17) is 0 Å². The summed E-state index contributed by atoms with van der Waals surface area (Å²) in [4.78, 5) is 0. The van der Waals surface area contributed by atoms with Crippen LogP contribution in [0.5, 0.6) is 5.75 Å². The van der Waals surface area contributed by atoms with Crippen molar-refractivity contribution >= 4 is 0 Å². The standard InChI is InChI=1S/C36H33F7O/c1-2-3-4-5-22-6-8-23(9-7-22)24-10-12-25(13-11-24)27-19-33(40)35(34(41)20-27)36(42,43)44-28-15-16-29(31(38)21-28)26-14-17-30(37)32(39)18-26/h10-23H,2-9H2,1H3. The molecule has 0 aromatic heterocycles. The van der Waals surface area contributed by atoms with Gasteiger partial charge in [-0.3, -0.25) is 0 Å². The summed E-state index contributed by atoms with van der Waals surface area (Å²) in [5, 5.41) is 0. The van der Waals surface area contributed by atoms with Gasteiger partial charge in [-0.05, 0) is 96.2 Å². The molecular weight excluding hydrogens is 581 g/mol. The summed E-state index contributed by atoms with van der Waals surface area (Å²) in [7, 11) is 0. The van der Waals surface area contributed by atoms with Crippen molar-refractivity contribution in [1.29, 1.82) is 0 Å². The molecular formula is C36H33F7O. The molecule has 1 nitrogen and oxygen atoms in total. The van der Waals surface area contributed by atoms with Gasteiger partial charge in [-0.15, -0.1) is 0 Å². The van der Waals surface area contributed by atoms with Gasteiger partial charge >= 0.3 is 6.11 Å². The monoisotopic (exact) mass is 614 g/mol. The van der Waals surface area contributed by atoms with E-state index in [9.17, 15) is 13.2 Å². The van der Waals surface area contributed by atoms with Gasteiger partial charge in [-0.25, -0.2) is 22.0 Å². The Balaban J connectivity index is 1.28. The van der Waals surface area contributed by atoms with Crippen LogP contribution in [0, 0.1) is 35.0 Å². The third-order valence-electron chi connectivity index (χ3n) is 8.53. The summed E-state index contributed by atoms with van der Waals surface area (Å²) < 4.78 is 106. The average Bonchev–Trinajstić information content (AvgIpc) is 2.98. The van der Waals surface area contributed by atoms with Crippen LogP contribution in [-0.2, 0) is 6.11 Å². The van der Waals surface area contributed by atoms with Crippen molar-refractivity contribution in [2.45, 2.75) is 70.3 Å². The van der Waals surface area contributed by atoms with Crippen LogP contribution in [0.2, 0.25) is 0 Å². The summed E-state index contributed by atoms with van der Waals surface area (Å²) in [5.41, 5.74) is -0.133. The van der Waals surface area contributed by atoms with Crippen LogP contribution in [0.4, 0.5) is 30.7 Å². The van der Waals surface area contributed by atoms with Gasteiger partial charge in [0.25, 0.3) is 0 Å². The number of halogens is 7. The Labute approximate surface area is 252 Å². The molecule has 4 aromatic carbocycles. The first-order valence-electron chi connectivity index (χ1n) is 15.0. The number of ether oxygens (including phenoxy) is 1. The molecule has 1 fully saturated rings. The largest absolute Gasteiger partial charge is 0.432 e. The molecule has 0 atom stereocenters. The molecule has 5 rings (SSSR count). The highest BCUT2D eigenvalue weighted by Crippen LogP contribution is 2.40. The SMILES string of the molecule is CCCCCC1CCC(c2ccc(-c3cc(F)c(C(F)(F)Oc4ccc(-c5ccc(F)c(F)c5)c(F)c4)c(F)c3)cc2)CC1. The number of hydrogen-bond acceptors (Lipinski definition) is 1. The van der Waals surface area contributed by atoms with E-state index >= 15 is 17.6 Å². The number of rotatable bonds is 10. The minimum absolute atomic E-state index is 0.0365. The zero-order chi connectivity index (χ0) is 31.4. The minimum atomic E-state index is -4.48. The van der Waals surface area contributed by atoms with E-state index in [0.29, 0.717) is 17.5 Å². The second-order valence-electron chi connectivity index (χ2n) is 11.5. The van der Waals surface area contributed by atoms with Crippen LogP contribution in [0.1, 0.15) is 75.3 Å². The first kappa shape index (κ1) is 31.6. The maximum absolute atomic E-state index is 15.0. The normalized spacial score (nSPS) is 17.1. The van der Waals surface area contributed by atoms with Crippen LogP contribution in [0.15, 0.2) is 72.8 Å². The number of hydrogen-bond donors (Lipinski definition) is 0. The van der Waals surface area contributed by atoms with E-state index in [1.165, 1.54) is 38.5 Å². The van der Waals surface area contributed by atoms with E-state index in [1.807, 2.05) is 12.1 Å². The molecule has 1 aliphatic rings. The Bertz CT molecular complexity index is 1570. The second-order valence-corrected chi connectivity index (χ2v) is 11.5. The van der Waals surface area contributed by atoms with Gasteiger partial charge < -0.3 is 4.74 Å². The highest BCUT2D eigenvalue weighted by Gasteiger charge is 2.41. The molecule has 0 N–H and O–H groups in total. The first-order valence-corrected chi connectivity index (χ1v) is 15.0. The fourth-order valence-electron chi connectivity index (χ4n) is 6.09. The Morgan fingerprint density at radius 3 is 1.89 bits per heavy atom. The third kappa shape index (κ3) is 7.11. The Morgan fingerprint density at radius 1 is 0.636 bits per heavy atom. The predicted octanol–water partition coefficient (Wildman–Crippen LogP) is 11.7. The fourth-order valence-corrected chi connectivity index (χ4v) is 6.09. The van der Waals surface area contributed by atoms with Gasteiger partial charge in [-0.1, -0.05) is 62.9 Å². The van der Waals surface area contributed by atoms with Crippen LogP contribution in [0.25, 0.3) is 22.3 Å². The lowest BCUT2D eigenvalue weighted by atomic mass is 9.77. The molecule has 8 heteroatoms. The minimum Gasteiger partial charge on any atom is -0.429 e. The van der Waals surface area contributed by atoms with Crippen molar-refractivity contribution in [1.82, 2.24) is 0 Å². The quantitative estimate of drug-likeness (QED) is 0.128. The Hall–Kier alpha value is -3.81. The van der Waals surface area contributed by atoms with E-state index in [2.05, 4.69) is 11.7 Å². The van der Waals surface area contributed by atoms with Gasteiger partial charge in [0, 0.05) is 11.6 Å². The molecule has 44 heavy (non-hydrogen) atoms. The fraction of sp³-hybridized carbons (Fsp3) is 0.333. The van der Waals surface area contributed by atoms with E-state index in [0.717, 1.165) is 66.8 Å². The molecule has 232 valence electrons. The lowest BCUT2D eigenvalue weighted by Crippen LogP contribution is -2.25. The van der Waals surface area contributed by atoms with E-state index < -0.39 is 46.5 Å².